The second kappa shape index (κ2) is 8.97. The molecule has 6 heteroatoms. The van der Waals surface area contributed by atoms with E-state index in [0.29, 0.717) is 12.6 Å². The van der Waals surface area contributed by atoms with Crippen LogP contribution in [0.25, 0.3) is 0 Å². The van der Waals surface area contributed by atoms with E-state index in [-0.39, 0.29) is 18.8 Å². The van der Waals surface area contributed by atoms with Crippen LogP contribution in [-0.2, 0) is 11.3 Å². The average molecular weight is 314 g/mol. The molecule has 2 rings (SSSR count). The van der Waals surface area contributed by atoms with E-state index >= 15 is 0 Å². The molecule has 1 aliphatic heterocycles. The topological polar surface area (TPSA) is 56.7 Å². The van der Waals surface area contributed by atoms with Crippen LogP contribution in [-0.4, -0.2) is 58.6 Å². The van der Waals surface area contributed by atoms with Gasteiger partial charge in [0.05, 0.1) is 6.42 Å². The van der Waals surface area contributed by atoms with E-state index in [1.54, 1.807) is 0 Å². The molecule has 0 saturated carbocycles. The van der Waals surface area contributed by atoms with Crippen molar-refractivity contribution in [1.29, 1.82) is 0 Å². The van der Waals surface area contributed by atoms with Crippen molar-refractivity contribution in [2.24, 2.45) is 0 Å². The van der Waals surface area contributed by atoms with E-state index in [2.05, 4.69) is 26.9 Å². The van der Waals surface area contributed by atoms with Gasteiger partial charge in [0.1, 0.15) is 0 Å². The largest absolute Gasteiger partial charge is 0.481 e. The lowest BCUT2D eigenvalue weighted by Crippen LogP contribution is -2.43. The number of likely N-dealkylation sites (tertiary alicyclic amines) is 1. The Labute approximate surface area is 132 Å². The molecule has 1 fully saturated rings. The van der Waals surface area contributed by atoms with Crippen molar-refractivity contribution in [3.8, 4) is 0 Å². The molecule has 0 bridgehead atoms. The maximum Gasteiger partial charge on any atom is 0.304 e. The molecule has 0 aliphatic carbocycles. The predicted molar refractivity (Wildman–Crippen MR) is 84.7 cm³/mol. The van der Waals surface area contributed by atoms with Crippen LogP contribution in [0.5, 0.6) is 0 Å². The number of carbonyl (C=O) groups is 1. The lowest BCUT2D eigenvalue weighted by molar-refractivity contribution is -0.137. The zero-order chi connectivity index (χ0) is 14.4. The Morgan fingerprint density at radius 1 is 1.38 bits per heavy atom. The highest BCUT2D eigenvalue weighted by Crippen LogP contribution is 2.17. The molecule has 5 nitrogen and oxygen atoms in total. The Hall–Kier alpha value is -1.17. The van der Waals surface area contributed by atoms with Gasteiger partial charge in [0, 0.05) is 31.5 Å². The molecule has 118 valence electrons. The predicted octanol–water partition coefficient (Wildman–Crippen LogP) is 1.87. The number of hydrogen-bond donors (Lipinski definition) is 1. The zero-order valence-electron chi connectivity index (χ0n) is 12.4. The summed E-state index contributed by atoms with van der Waals surface area (Å²) in [5.41, 5.74) is 1.30. The fourth-order valence-electron chi connectivity index (χ4n) is 2.72. The molecule has 1 aliphatic rings. The summed E-state index contributed by atoms with van der Waals surface area (Å²) in [5, 5.41) is 8.73. The number of piperidine rings is 1. The van der Waals surface area contributed by atoms with Crippen molar-refractivity contribution < 1.29 is 9.90 Å². The molecule has 0 atom stereocenters. The second-order valence-electron chi connectivity index (χ2n) is 5.49. The van der Waals surface area contributed by atoms with Crippen LogP contribution in [0, 0.1) is 0 Å². The van der Waals surface area contributed by atoms with Gasteiger partial charge in [-0.3, -0.25) is 14.7 Å². The van der Waals surface area contributed by atoms with Crippen molar-refractivity contribution in [3.63, 3.8) is 0 Å². The first-order chi connectivity index (χ1) is 9.65. The second-order valence-corrected chi connectivity index (χ2v) is 5.49. The van der Waals surface area contributed by atoms with Gasteiger partial charge in [0.25, 0.3) is 0 Å². The third-order valence-corrected chi connectivity index (χ3v) is 4.01. The summed E-state index contributed by atoms with van der Waals surface area (Å²) in [7, 11) is 2.03. The molecule has 1 aromatic rings. The number of rotatable bonds is 6. The summed E-state index contributed by atoms with van der Waals surface area (Å²) in [6.07, 6.45) is 6.12. The fraction of sp³-hybridized carbons (Fsp3) is 0.600. The molecule has 0 spiro atoms. The number of nitrogens with zero attached hydrogens (tertiary/aromatic N) is 3. The van der Waals surface area contributed by atoms with E-state index in [9.17, 15) is 4.79 Å². The summed E-state index contributed by atoms with van der Waals surface area (Å²) in [4.78, 5) is 19.3. The molecule has 1 saturated heterocycles. The summed E-state index contributed by atoms with van der Waals surface area (Å²) >= 11 is 0. The van der Waals surface area contributed by atoms with Crippen LogP contribution >= 0.6 is 12.4 Å². The van der Waals surface area contributed by atoms with Gasteiger partial charge in [-0.05, 0) is 50.7 Å². The number of carboxylic acid groups (broad SMARTS) is 1. The molecule has 1 N–H and O–H groups in total. The number of aliphatic carboxylic acids is 1. The fourth-order valence-corrected chi connectivity index (χ4v) is 2.72. The summed E-state index contributed by atoms with van der Waals surface area (Å²) in [6.45, 7) is 3.77. The minimum Gasteiger partial charge on any atom is -0.481 e. The zero-order valence-corrected chi connectivity index (χ0v) is 13.3. The van der Waals surface area contributed by atoms with Crippen molar-refractivity contribution in [2.45, 2.75) is 31.8 Å². The third kappa shape index (κ3) is 5.99. The van der Waals surface area contributed by atoms with E-state index < -0.39 is 5.97 Å². The molecule has 0 aromatic carbocycles. The van der Waals surface area contributed by atoms with E-state index in [1.807, 2.05) is 19.4 Å². The first-order valence-corrected chi connectivity index (χ1v) is 7.18. The van der Waals surface area contributed by atoms with Crippen molar-refractivity contribution in [1.82, 2.24) is 14.8 Å². The van der Waals surface area contributed by atoms with Crippen molar-refractivity contribution in [3.05, 3.63) is 30.1 Å². The first-order valence-electron chi connectivity index (χ1n) is 7.18. The summed E-state index contributed by atoms with van der Waals surface area (Å²) in [6, 6.07) is 4.64. The van der Waals surface area contributed by atoms with Crippen LogP contribution in [0.2, 0.25) is 0 Å². The highest BCUT2D eigenvalue weighted by molar-refractivity contribution is 5.85. The van der Waals surface area contributed by atoms with Crippen LogP contribution in [0.4, 0.5) is 0 Å². The van der Waals surface area contributed by atoms with Gasteiger partial charge in [-0.2, -0.15) is 0 Å². The Kier molecular flexibility index (Phi) is 7.64. The third-order valence-electron chi connectivity index (χ3n) is 4.01. The monoisotopic (exact) mass is 313 g/mol. The molecular weight excluding hydrogens is 290 g/mol. The van der Waals surface area contributed by atoms with Gasteiger partial charge >= 0.3 is 5.97 Å². The van der Waals surface area contributed by atoms with E-state index in [1.165, 1.54) is 5.56 Å². The van der Waals surface area contributed by atoms with Gasteiger partial charge in [-0.25, -0.2) is 0 Å². The summed E-state index contributed by atoms with van der Waals surface area (Å²) in [5.74, 6) is -0.716. The Morgan fingerprint density at radius 3 is 2.57 bits per heavy atom. The molecule has 0 radical (unpaired) electrons. The lowest BCUT2D eigenvalue weighted by atomic mass is 10.0. The molecule has 2 heterocycles. The Balaban J connectivity index is 0.00000220. The minimum atomic E-state index is -0.716. The number of hydrogen-bond acceptors (Lipinski definition) is 4. The van der Waals surface area contributed by atoms with Crippen LogP contribution < -0.4 is 0 Å². The number of pyridine rings is 1. The van der Waals surface area contributed by atoms with Crippen molar-refractivity contribution >= 4 is 18.4 Å². The number of halogens is 1. The average Bonchev–Trinajstić information content (AvgIpc) is 2.46. The first kappa shape index (κ1) is 17.9. The molecule has 21 heavy (non-hydrogen) atoms. The van der Waals surface area contributed by atoms with E-state index in [4.69, 9.17) is 5.11 Å². The molecule has 1 aromatic heterocycles. The Morgan fingerprint density at radius 2 is 2.00 bits per heavy atom. The van der Waals surface area contributed by atoms with Gasteiger partial charge in [-0.1, -0.05) is 0 Å². The van der Waals surface area contributed by atoms with Crippen LogP contribution in [0.1, 0.15) is 24.8 Å². The number of carboxylic acids is 1. The van der Waals surface area contributed by atoms with Crippen LogP contribution in [0.3, 0.4) is 0 Å². The standard InChI is InChI=1S/C15H23N3O2.ClH/c1-17(9-6-15(19)20)14-4-10-18(11-5-14)12-13-2-7-16-8-3-13;/h2-3,7-8,14H,4-6,9-12H2,1H3,(H,19,20);1H. The SMILES string of the molecule is CN(CCC(=O)O)C1CCN(Cc2ccncc2)CC1.Cl. The Bertz CT molecular complexity index is 422. The maximum absolute atomic E-state index is 10.6. The smallest absolute Gasteiger partial charge is 0.304 e. The molecular formula is C15H24ClN3O2. The number of aromatic nitrogens is 1. The minimum absolute atomic E-state index is 0. The highest BCUT2D eigenvalue weighted by atomic mass is 35.5. The lowest BCUT2D eigenvalue weighted by Gasteiger charge is -2.36. The normalized spacial score (nSPS) is 16.7. The van der Waals surface area contributed by atoms with Gasteiger partial charge in [0.15, 0.2) is 0 Å². The van der Waals surface area contributed by atoms with Crippen LogP contribution in [0.15, 0.2) is 24.5 Å². The quantitative estimate of drug-likeness (QED) is 0.869. The molecule has 0 amide bonds. The van der Waals surface area contributed by atoms with Gasteiger partial charge < -0.3 is 10.0 Å². The summed E-state index contributed by atoms with van der Waals surface area (Å²) < 4.78 is 0. The van der Waals surface area contributed by atoms with Crippen molar-refractivity contribution in [2.75, 3.05) is 26.7 Å². The van der Waals surface area contributed by atoms with Gasteiger partial charge in [0.2, 0.25) is 0 Å². The van der Waals surface area contributed by atoms with E-state index in [0.717, 1.165) is 32.5 Å². The highest BCUT2D eigenvalue weighted by Gasteiger charge is 2.22. The van der Waals surface area contributed by atoms with Gasteiger partial charge in [-0.15, -0.1) is 12.4 Å². The molecule has 0 unspecified atom stereocenters. The maximum atomic E-state index is 10.6.